The average Bonchev–Trinajstić information content (AvgIpc) is 2.33. The maximum absolute atomic E-state index is 11.5. The van der Waals surface area contributed by atoms with Gasteiger partial charge in [-0.2, -0.15) is 0 Å². The second kappa shape index (κ2) is 9.88. The maximum Gasteiger partial charge on any atom is 0.303 e. The lowest BCUT2D eigenvalue weighted by Crippen LogP contribution is -2.41. The Kier molecular flexibility index (Phi) is 9.28. The minimum atomic E-state index is -0.762. The van der Waals surface area contributed by atoms with Crippen molar-refractivity contribution < 1.29 is 14.7 Å². The van der Waals surface area contributed by atoms with E-state index in [-0.39, 0.29) is 12.3 Å². The molecule has 0 spiro atoms. The maximum atomic E-state index is 11.5. The molecule has 0 bridgehead atoms. The highest BCUT2D eigenvalue weighted by Gasteiger charge is 2.13. The van der Waals surface area contributed by atoms with Crippen LogP contribution in [0.5, 0.6) is 0 Å². The van der Waals surface area contributed by atoms with Crippen LogP contribution in [0.4, 0.5) is 0 Å². The molecule has 0 saturated heterocycles. The van der Waals surface area contributed by atoms with Gasteiger partial charge in [-0.25, -0.2) is 0 Å². The zero-order chi connectivity index (χ0) is 14.0. The predicted molar refractivity (Wildman–Crippen MR) is 71.2 cm³/mol. The van der Waals surface area contributed by atoms with Crippen molar-refractivity contribution in [3.63, 3.8) is 0 Å². The third-order valence-electron chi connectivity index (χ3n) is 3.13. The van der Waals surface area contributed by atoms with E-state index in [1.165, 1.54) is 0 Å². The van der Waals surface area contributed by atoms with Gasteiger partial charge in [0.25, 0.3) is 0 Å². The normalized spacial score (nSPS) is 13.9. The molecule has 0 heterocycles. The molecular weight excluding hydrogens is 232 g/mol. The molecule has 5 heteroatoms. The number of rotatable bonds is 10. The lowest BCUT2D eigenvalue weighted by atomic mass is 9.96. The number of carbonyl (C=O) groups is 2. The molecule has 0 aliphatic carbocycles. The van der Waals surface area contributed by atoms with Crippen molar-refractivity contribution in [2.45, 2.75) is 58.4 Å². The van der Waals surface area contributed by atoms with Gasteiger partial charge in [-0.3, -0.25) is 9.59 Å². The Balaban J connectivity index is 3.79. The van der Waals surface area contributed by atoms with Crippen molar-refractivity contribution in [3.05, 3.63) is 0 Å². The SMILES string of the molecule is CCCC(N)C(=O)NCCC(CC)CCC(=O)O. The molecular formula is C13H26N2O3. The van der Waals surface area contributed by atoms with Crippen LogP contribution in [0.1, 0.15) is 52.4 Å². The standard InChI is InChI=1S/C13H26N2O3/c1-3-5-11(14)13(18)15-9-8-10(4-2)6-7-12(16)17/h10-11H,3-9,14H2,1-2H3,(H,15,18)(H,16,17). The molecule has 0 saturated carbocycles. The molecule has 0 aliphatic heterocycles. The third-order valence-corrected chi connectivity index (χ3v) is 3.13. The predicted octanol–water partition coefficient (Wildman–Crippen LogP) is 1.51. The summed E-state index contributed by atoms with van der Waals surface area (Å²) in [7, 11) is 0. The summed E-state index contributed by atoms with van der Waals surface area (Å²) in [6, 6.07) is -0.422. The molecule has 0 aliphatic rings. The van der Waals surface area contributed by atoms with E-state index in [0.717, 1.165) is 19.3 Å². The summed E-state index contributed by atoms with van der Waals surface area (Å²) in [5.41, 5.74) is 5.69. The van der Waals surface area contributed by atoms with Gasteiger partial charge in [-0.05, 0) is 25.2 Å². The summed E-state index contributed by atoms with van der Waals surface area (Å²) in [4.78, 5) is 22.0. The first-order valence-corrected chi connectivity index (χ1v) is 6.76. The molecule has 0 aromatic rings. The van der Waals surface area contributed by atoms with Crippen LogP contribution in [-0.2, 0) is 9.59 Å². The Labute approximate surface area is 109 Å². The molecule has 0 radical (unpaired) electrons. The zero-order valence-corrected chi connectivity index (χ0v) is 11.4. The summed E-state index contributed by atoms with van der Waals surface area (Å²) < 4.78 is 0. The second-order valence-corrected chi connectivity index (χ2v) is 4.68. The Morgan fingerprint density at radius 2 is 1.89 bits per heavy atom. The Bertz CT molecular complexity index is 257. The highest BCUT2D eigenvalue weighted by molar-refractivity contribution is 5.81. The van der Waals surface area contributed by atoms with E-state index >= 15 is 0 Å². The van der Waals surface area contributed by atoms with Crippen molar-refractivity contribution in [1.29, 1.82) is 0 Å². The van der Waals surface area contributed by atoms with Crippen molar-refractivity contribution >= 4 is 11.9 Å². The van der Waals surface area contributed by atoms with Crippen molar-refractivity contribution in [3.8, 4) is 0 Å². The van der Waals surface area contributed by atoms with Gasteiger partial charge in [0.1, 0.15) is 0 Å². The minimum absolute atomic E-state index is 0.107. The Morgan fingerprint density at radius 1 is 1.22 bits per heavy atom. The van der Waals surface area contributed by atoms with E-state index < -0.39 is 12.0 Å². The van der Waals surface area contributed by atoms with Crippen molar-refractivity contribution in [2.75, 3.05) is 6.54 Å². The van der Waals surface area contributed by atoms with Crippen molar-refractivity contribution in [1.82, 2.24) is 5.32 Å². The molecule has 18 heavy (non-hydrogen) atoms. The van der Waals surface area contributed by atoms with Crippen LogP contribution < -0.4 is 11.1 Å². The van der Waals surface area contributed by atoms with Crippen LogP contribution >= 0.6 is 0 Å². The van der Waals surface area contributed by atoms with Gasteiger partial charge in [-0.15, -0.1) is 0 Å². The van der Waals surface area contributed by atoms with Gasteiger partial charge in [0.2, 0.25) is 5.91 Å². The van der Waals surface area contributed by atoms with E-state index in [0.29, 0.717) is 25.3 Å². The third kappa shape index (κ3) is 8.06. The van der Waals surface area contributed by atoms with E-state index in [2.05, 4.69) is 5.32 Å². The number of carbonyl (C=O) groups excluding carboxylic acids is 1. The van der Waals surface area contributed by atoms with E-state index in [4.69, 9.17) is 10.8 Å². The minimum Gasteiger partial charge on any atom is -0.481 e. The molecule has 5 nitrogen and oxygen atoms in total. The number of carboxylic acids is 1. The van der Waals surface area contributed by atoms with Crippen LogP contribution in [0.3, 0.4) is 0 Å². The zero-order valence-electron chi connectivity index (χ0n) is 11.4. The van der Waals surface area contributed by atoms with Gasteiger partial charge in [0.05, 0.1) is 6.04 Å². The van der Waals surface area contributed by atoms with E-state index in [1.54, 1.807) is 0 Å². The second-order valence-electron chi connectivity index (χ2n) is 4.68. The van der Waals surface area contributed by atoms with E-state index in [1.807, 2.05) is 13.8 Å². The number of amides is 1. The Morgan fingerprint density at radius 3 is 2.39 bits per heavy atom. The molecule has 1 amide bonds. The summed E-state index contributed by atoms with van der Waals surface area (Å²) in [5, 5.41) is 11.4. The van der Waals surface area contributed by atoms with Gasteiger partial charge < -0.3 is 16.2 Å². The number of hydrogen-bond acceptors (Lipinski definition) is 3. The number of hydrogen-bond donors (Lipinski definition) is 3. The van der Waals surface area contributed by atoms with Gasteiger partial charge in [0, 0.05) is 13.0 Å². The molecule has 106 valence electrons. The molecule has 0 fully saturated rings. The molecule has 0 rings (SSSR count). The highest BCUT2D eigenvalue weighted by atomic mass is 16.4. The number of nitrogens with one attached hydrogen (secondary N) is 1. The molecule has 0 aromatic carbocycles. The fourth-order valence-corrected chi connectivity index (χ4v) is 1.85. The lowest BCUT2D eigenvalue weighted by Gasteiger charge is -2.15. The Hall–Kier alpha value is -1.10. The summed E-state index contributed by atoms with van der Waals surface area (Å²) >= 11 is 0. The number of carboxylic acid groups (broad SMARTS) is 1. The monoisotopic (exact) mass is 258 g/mol. The van der Waals surface area contributed by atoms with Crippen LogP contribution in [0, 0.1) is 5.92 Å². The average molecular weight is 258 g/mol. The van der Waals surface area contributed by atoms with Crippen LogP contribution in [0.15, 0.2) is 0 Å². The van der Waals surface area contributed by atoms with Crippen LogP contribution in [0.2, 0.25) is 0 Å². The van der Waals surface area contributed by atoms with Crippen molar-refractivity contribution in [2.24, 2.45) is 11.7 Å². The first-order valence-electron chi connectivity index (χ1n) is 6.76. The van der Waals surface area contributed by atoms with Gasteiger partial charge >= 0.3 is 5.97 Å². The summed E-state index contributed by atoms with van der Waals surface area (Å²) in [5.74, 6) is -0.517. The fraction of sp³-hybridized carbons (Fsp3) is 0.846. The molecule has 0 aromatic heterocycles. The first-order chi connectivity index (χ1) is 8.51. The number of aliphatic carboxylic acids is 1. The highest BCUT2D eigenvalue weighted by Crippen LogP contribution is 2.14. The number of nitrogens with two attached hydrogens (primary N) is 1. The lowest BCUT2D eigenvalue weighted by molar-refractivity contribution is -0.137. The van der Waals surface area contributed by atoms with Gasteiger partial charge in [-0.1, -0.05) is 26.7 Å². The first kappa shape index (κ1) is 16.9. The largest absolute Gasteiger partial charge is 0.481 e. The molecule has 4 N–H and O–H groups in total. The smallest absolute Gasteiger partial charge is 0.303 e. The van der Waals surface area contributed by atoms with Gasteiger partial charge in [0.15, 0.2) is 0 Å². The quantitative estimate of drug-likeness (QED) is 0.554. The molecule has 2 atom stereocenters. The fourth-order valence-electron chi connectivity index (χ4n) is 1.85. The summed E-state index contributed by atoms with van der Waals surface area (Å²) in [6.45, 7) is 4.61. The topological polar surface area (TPSA) is 92.4 Å². The summed E-state index contributed by atoms with van der Waals surface area (Å²) in [6.07, 6.45) is 4.20. The van der Waals surface area contributed by atoms with Crippen LogP contribution in [0.25, 0.3) is 0 Å². The van der Waals surface area contributed by atoms with E-state index in [9.17, 15) is 9.59 Å². The van der Waals surface area contributed by atoms with Crippen LogP contribution in [-0.4, -0.2) is 29.6 Å². The molecule has 2 unspecified atom stereocenters.